The van der Waals surface area contributed by atoms with Gasteiger partial charge in [-0.15, -0.1) is 0 Å². The predicted molar refractivity (Wildman–Crippen MR) is 112 cm³/mol. The summed E-state index contributed by atoms with van der Waals surface area (Å²) in [4.78, 5) is 18.5. The third kappa shape index (κ3) is 5.46. The number of nitrogens with one attached hydrogen (secondary N) is 2. The minimum absolute atomic E-state index is 0.121. The Balaban J connectivity index is 1.56. The number of carbonyl (C=O) groups excluding carboxylic acids is 1. The third-order valence-corrected chi connectivity index (χ3v) is 4.23. The molecule has 0 saturated carbocycles. The topological polar surface area (TPSA) is 57.3 Å². The van der Waals surface area contributed by atoms with Crippen molar-refractivity contribution in [2.75, 3.05) is 29.6 Å². The molecule has 0 saturated heterocycles. The van der Waals surface area contributed by atoms with Gasteiger partial charge in [0.05, 0.1) is 18.3 Å². The summed E-state index contributed by atoms with van der Waals surface area (Å²) in [6.45, 7) is 0. The number of carbonyl (C=O) groups is 1. The lowest BCUT2D eigenvalue weighted by molar-refractivity contribution is -0.115. The largest absolute Gasteiger partial charge is 0.378 e. The second kappa shape index (κ2) is 8.56. The van der Waals surface area contributed by atoms with E-state index in [1.165, 1.54) is 0 Å². The first-order valence-electron chi connectivity index (χ1n) is 8.54. The number of pyridine rings is 1. The van der Waals surface area contributed by atoms with Gasteiger partial charge in [0.15, 0.2) is 0 Å². The average molecular weight is 381 g/mol. The Morgan fingerprint density at radius 2 is 1.63 bits per heavy atom. The van der Waals surface area contributed by atoms with Crippen molar-refractivity contribution < 1.29 is 4.79 Å². The molecule has 138 valence electrons. The first kappa shape index (κ1) is 18.7. The van der Waals surface area contributed by atoms with Crippen LogP contribution in [0.15, 0.2) is 66.9 Å². The zero-order valence-corrected chi connectivity index (χ0v) is 16.0. The van der Waals surface area contributed by atoms with E-state index in [4.69, 9.17) is 11.6 Å². The molecule has 1 amide bonds. The highest BCUT2D eigenvalue weighted by atomic mass is 35.5. The first-order chi connectivity index (χ1) is 13.0. The molecule has 0 spiro atoms. The number of aromatic nitrogens is 1. The standard InChI is InChI=1S/C21H21ClN4O/c1-26(2)19-10-7-17(8-11-19)24-18-9-12-20(23-14-18)25-21(27)13-15-3-5-16(22)6-4-15/h3-12,14,24H,13H2,1-2H3,(H,23,25,27). The van der Waals surface area contributed by atoms with Crippen molar-refractivity contribution in [3.63, 3.8) is 0 Å². The Morgan fingerprint density at radius 3 is 2.22 bits per heavy atom. The number of benzene rings is 2. The average Bonchev–Trinajstić information content (AvgIpc) is 2.66. The molecule has 0 atom stereocenters. The van der Waals surface area contributed by atoms with E-state index in [1.807, 2.05) is 61.5 Å². The Bertz CT molecular complexity index is 891. The van der Waals surface area contributed by atoms with Crippen molar-refractivity contribution in [2.45, 2.75) is 6.42 Å². The smallest absolute Gasteiger partial charge is 0.229 e. The monoisotopic (exact) mass is 380 g/mol. The number of amides is 1. The fourth-order valence-electron chi connectivity index (χ4n) is 2.53. The Morgan fingerprint density at radius 1 is 0.963 bits per heavy atom. The summed E-state index contributed by atoms with van der Waals surface area (Å²) in [5, 5.41) is 6.74. The molecule has 0 radical (unpaired) electrons. The van der Waals surface area contributed by atoms with Crippen molar-refractivity contribution in [3.8, 4) is 0 Å². The molecule has 0 aliphatic carbocycles. The lowest BCUT2D eigenvalue weighted by Crippen LogP contribution is -2.15. The SMILES string of the molecule is CN(C)c1ccc(Nc2ccc(NC(=O)Cc3ccc(Cl)cc3)nc2)cc1. The van der Waals surface area contributed by atoms with Crippen LogP contribution >= 0.6 is 11.6 Å². The van der Waals surface area contributed by atoms with Gasteiger partial charge in [-0.1, -0.05) is 23.7 Å². The van der Waals surface area contributed by atoms with Gasteiger partial charge in [-0.25, -0.2) is 4.98 Å². The molecule has 5 nitrogen and oxygen atoms in total. The minimum atomic E-state index is -0.121. The molecule has 1 aromatic heterocycles. The highest BCUT2D eigenvalue weighted by Crippen LogP contribution is 2.20. The van der Waals surface area contributed by atoms with Crippen molar-refractivity contribution in [2.24, 2.45) is 0 Å². The molecule has 0 fully saturated rings. The fraction of sp³-hybridized carbons (Fsp3) is 0.143. The summed E-state index contributed by atoms with van der Waals surface area (Å²) in [5.74, 6) is 0.396. The molecule has 0 unspecified atom stereocenters. The Hall–Kier alpha value is -3.05. The molecular weight excluding hydrogens is 360 g/mol. The first-order valence-corrected chi connectivity index (χ1v) is 8.92. The second-order valence-corrected chi connectivity index (χ2v) is 6.79. The van der Waals surface area contributed by atoms with Crippen LogP contribution < -0.4 is 15.5 Å². The summed E-state index contributed by atoms with van der Waals surface area (Å²) < 4.78 is 0. The maximum Gasteiger partial charge on any atom is 0.229 e. The summed E-state index contributed by atoms with van der Waals surface area (Å²) in [7, 11) is 4.01. The van der Waals surface area contributed by atoms with Crippen LogP contribution in [0.25, 0.3) is 0 Å². The van der Waals surface area contributed by atoms with Crippen LogP contribution in [-0.4, -0.2) is 25.0 Å². The summed E-state index contributed by atoms with van der Waals surface area (Å²) in [6.07, 6.45) is 1.97. The lowest BCUT2D eigenvalue weighted by Gasteiger charge is -2.13. The second-order valence-electron chi connectivity index (χ2n) is 6.35. The molecule has 0 bridgehead atoms. The van der Waals surface area contributed by atoms with Crippen LogP contribution in [0.1, 0.15) is 5.56 Å². The number of hydrogen-bond acceptors (Lipinski definition) is 4. The number of rotatable bonds is 6. The quantitative estimate of drug-likeness (QED) is 0.649. The van der Waals surface area contributed by atoms with E-state index in [0.29, 0.717) is 10.8 Å². The van der Waals surface area contributed by atoms with E-state index < -0.39 is 0 Å². The molecular formula is C21H21ClN4O. The molecule has 3 aromatic rings. The van der Waals surface area contributed by atoms with Gasteiger partial charge in [0.1, 0.15) is 5.82 Å². The van der Waals surface area contributed by atoms with Crippen molar-refractivity contribution >= 4 is 40.4 Å². The molecule has 2 aromatic carbocycles. The van der Waals surface area contributed by atoms with E-state index in [2.05, 4.69) is 15.6 Å². The molecule has 0 aliphatic rings. The van der Waals surface area contributed by atoms with Crippen LogP contribution in [0.2, 0.25) is 5.02 Å². The van der Waals surface area contributed by atoms with Crippen molar-refractivity contribution in [3.05, 3.63) is 77.4 Å². The van der Waals surface area contributed by atoms with Crippen LogP contribution in [0.5, 0.6) is 0 Å². The zero-order valence-electron chi connectivity index (χ0n) is 15.2. The number of nitrogens with zero attached hydrogens (tertiary/aromatic N) is 2. The predicted octanol–water partition coefficient (Wildman–Crippen LogP) is 4.73. The molecule has 3 rings (SSSR count). The Labute approximate surface area is 164 Å². The van der Waals surface area contributed by atoms with E-state index >= 15 is 0 Å². The van der Waals surface area contributed by atoms with Crippen LogP contribution in [0.4, 0.5) is 22.9 Å². The van der Waals surface area contributed by atoms with Gasteiger partial charge in [0, 0.05) is 30.5 Å². The van der Waals surface area contributed by atoms with E-state index in [-0.39, 0.29) is 12.3 Å². The van der Waals surface area contributed by atoms with Gasteiger partial charge in [-0.3, -0.25) is 4.79 Å². The molecule has 1 heterocycles. The highest BCUT2D eigenvalue weighted by Gasteiger charge is 2.05. The molecule has 0 aliphatic heterocycles. The summed E-state index contributed by atoms with van der Waals surface area (Å²) in [5.41, 5.74) is 3.86. The molecule has 2 N–H and O–H groups in total. The zero-order chi connectivity index (χ0) is 19.2. The lowest BCUT2D eigenvalue weighted by atomic mass is 10.1. The van der Waals surface area contributed by atoms with Crippen molar-refractivity contribution in [1.82, 2.24) is 4.98 Å². The highest BCUT2D eigenvalue weighted by molar-refractivity contribution is 6.30. The number of hydrogen-bond donors (Lipinski definition) is 2. The maximum atomic E-state index is 12.1. The number of halogens is 1. The van der Waals surface area contributed by atoms with E-state index in [0.717, 1.165) is 22.6 Å². The van der Waals surface area contributed by atoms with Gasteiger partial charge in [0.2, 0.25) is 5.91 Å². The number of anilines is 4. The normalized spacial score (nSPS) is 10.3. The van der Waals surface area contributed by atoms with Gasteiger partial charge in [-0.2, -0.15) is 0 Å². The van der Waals surface area contributed by atoms with Crippen LogP contribution in [0, 0.1) is 0 Å². The third-order valence-electron chi connectivity index (χ3n) is 3.98. The van der Waals surface area contributed by atoms with Gasteiger partial charge in [0.25, 0.3) is 0 Å². The van der Waals surface area contributed by atoms with E-state index in [9.17, 15) is 4.79 Å². The minimum Gasteiger partial charge on any atom is -0.378 e. The molecule has 6 heteroatoms. The maximum absolute atomic E-state index is 12.1. The summed E-state index contributed by atoms with van der Waals surface area (Å²) in [6, 6.07) is 19.0. The van der Waals surface area contributed by atoms with Gasteiger partial charge in [-0.05, 0) is 54.1 Å². The van der Waals surface area contributed by atoms with Crippen LogP contribution in [-0.2, 0) is 11.2 Å². The molecule has 27 heavy (non-hydrogen) atoms. The van der Waals surface area contributed by atoms with Crippen molar-refractivity contribution in [1.29, 1.82) is 0 Å². The van der Waals surface area contributed by atoms with Gasteiger partial charge < -0.3 is 15.5 Å². The Kier molecular flexibility index (Phi) is 5.94. The van der Waals surface area contributed by atoms with Crippen LogP contribution in [0.3, 0.4) is 0 Å². The van der Waals surface area contributed by atoms with E-state index in [1.54, 1.807) is 24.4 Å². The van der Waals surface area contributed by atoms with Gasteiger partial charge >= 0.3 is 0 Å². The fourth-order valence-corrected chi connectivity index (χ4v) is 2.65. The summed E-state index contributed by atoms with van der Waals surface area (Å²) >= 11 is 5.85.